The van der Waals surface area contributed by atoms with Gasteiger partial charge in [-0.3, -0.25) is 19.3 Å². The van der Waals surface area contributed by atoms with E-state index < -0.39 is 11.6 Å². The van der Waals surface area contributed by atoms with Crippen molar-refractivity contribution in [2.24, 2.45) is 0 Å². The highest BCUT2D eigenvalue weighted by atomic mass is 16.2. The smallest absolute Gasteiger partial charge is 0.249 e. The molecule has 1 atom stereocenters. The lowest BCUT2D eigenvalue weighted by Crippen LogP contribution is -2.51. The molecule has 8 heteroatoms. The van der Waals surface area contributed by atoms with E-state index in [2.05, 4.69) is 15.6 Å². The number of carbonyl (C=O) groups excluding carboxylic acids is 3. The van der Waals surface area contributed by atoms with Gasteiger partial charge in [0.1, 0.15) is 18.1 Å². The molecule has 4 rings (SSSR count). The van der Waals surface area contributed by atoms with Gasteiger partial charge in [0.25, 0.3) is 0 Å². The summed E-state index contributed by atoms with van der Waals surface area (Å²) in [5.74, 6) is -0.805. The number of nitrogens with one attached hydrogen (secondary N) is 1. The van der Waals surface area contributed by atoms with Crippen molar-refractivity contribution in [1.82, 2.24) is 20.3 Å². The van der Waals surface area contributed by atoms with Crippen LogP contribution in [0.25, 0.3) is 11.0 Å². The summed E-state index contributed by atoms with van der Waals surface area (Å²) in [5, 5.41) is 11.5. The number of para-hydroxylation sites is 1. The summed E-state index contributed by atoms with van der Waals surface area (Å²) < 4.78 is 1.53. The second-order valence-corrected chi connectivity index (χ2v) is 10.1. The maximum absolute atomic E-state index is 14.2. The normalized spacial score (nSPS) is 12.2. The summed E-state index contributed by atoms with van der Waals surface area (Å²) in [4.78, 5) is 41.9. The summed E-state index contributed by atoms with van der Waals surface area (Å²) >= 11 is 0. The Kier molecular flexibility index (Phi) is 7.71. The van der Waals surface area contributed by atoms with Crippen LogP contribution in [0.3, 0.4) is 0 Å². The molecule has 0 aliphatic rings. The molecule has 38 heavy (non-hydrogen) atoms. The Labute approximate surface area is 222 Å². The van der Waals surface area contributed by atoms with Gasteiger partial charge in [-0.15, -0.1) is 5.10 Å². The van der Waals surface area contributed by atoms with Crippen molar-refractivity contribution in [3.63, 3.8) is 0 Å². The molecular weight excluding hydrogens is 478 g/mol. The fourth-order valence-electron chi connectivity index (χ4n) is 4.33. The number of benzene rings is 3. The lowest BCUT2D eigenvalue weighted by atomic mass is 9.95. The minimum Gasteiger partial charge on any atom is -0.349 e. The first-order valence-corrected chi connectivity index (χ1v) is 12.7. The molecule has 0 aliphatic carbocycles. The number of nitrogens with zero attached hydrogens (tertiary/aromatic N) is 4. The Hall–Kier alpha value is -4.33. The van der Waals surface area contributed by atoms with Crippen molar-refractivity contribution in [3.05, 3.63) is 89.5 Å². The molecule has 0 radical (unpaired) electrons. The van der Waals surface area contributed by atoms with Gasteiger partial charge < -0.3 is 5.32 Å². The van der Waals surface area contributed by atoms with Crippen LogP contribution in [-0.2, 0) is 16.1 Å². The first-order chi connectivity index (χ1) is 18.1. The van der Waals surface area contributed by atoms with E-state index in [9.17, 15) is 14.4 Å². The average Bonchev–Trinajstić information content (AvgIpc) is 3.30. The zero-order valence-corrected chi connectivity index (χ0v) is 22.4. The van der Waals surface area contributed by atoms with Gasteiger partial charge in [-0.05, 0) is 69.5 Å². The van der Waals surface area contributed by atoms with E-state index in [0.29, 0.717) is 34.3 Å². The molecule has 0 bridgehead atoms. The predicted molar refractivity (Wildman–Crippen MR) is 148 cm³/mol. The molecule has 2 amide bonds. The molecule has 0 saturated carbocycles. The first kappa shape index (κ1) is 26.7. The van der Waals surface area contributed by atoms with E-state index in [1.54, 1.807) is 24.3 Å². The second-order valence-electron chi connectivity index (χ2n) is 10.1. The van der Waals surface area contributed by atoms with Gasteiger partial charge in [-0.2, -0.15) is 0 Å². The third kappa shape index (κ3) is 5.64. The van der Waals surface area contributed by atoms with E-state index in [1.165, 1.54) is 16.5 Å². The molecule has 8 nitrogen and oxygen atoms in total. The molecule has 0 spiro atoms. The Balaban J connectivity index is 1.88. The molecule has 196 valence electrons. The molecule has 1 aromatic heterocycles. The SMILES string of the molecule is CCC(C)(C)NC(=O)C(c1ccccc1C)N(C(=O)Cn1nnc2ccccc21)c1cccc(C(C)=O)c1. The van der Waals surface area contributed by atoms with Crippen LogP contribution >= 0.6 is 0 Å². The molecule has 0 aliphatic heterocycles. The average molecular weight is 512 g/mol. The topological polar surface area (TPSA) is 97.2 Å². The standard InChI is InChI=1S/C30H33N5O3/c1-6-30(4,5)31-29(38)28(24-15-8-7-12-20(24)2)35(23-14-11-13-22(18-23)21(3)36)27(37)19-34-26-17-10-9-16-25(26)32-33-34/h7-18,28H,6,19H2,1-5H3,(H,31,38). The van der Waals surface area contributed by atoms with Crippen LogP contribution in [0.1, 0.15) is 61.6 Å². The maximum Gasteiger partial charge on any atom is 0.249 e. The highest BCUT2D eigenvalue weighted by molar-refractivity contribution is 6.03. The number of aromatic nitrogens is 3. The van der Waals surface area contributed by atoms with Crippen molar-refractivity contribution in [2.75, 3.05) is 4.90 Å². The van der Waals surface area contributed by atoms with Crippen molar-refractivity contribution in [3.8, 4) is 0 Å². The number of rotatable bonds is 9. The maximum atomic E-state index is 14.2. The van der Waals surface area contributed by atoms with Crippen molar-refractivity contribution < 1.29 is 14.4 Å². The molecule has 1 heterocycles. The zero-order chi connectivity index (χ0) is 27.4. The lowest BCUT2D eigenvalue weighted by molar-refractivity contribution is -0.128. The number of hydrogen-bond acceptors (Lipinski definition) is 5. The van der Waals surface area contributed by atoms with Crippen LogP contribution in [0.5, 0.6) is 0 Å². The summed E-state index contributed by atoms with van der Waals surface area (Å²) in [6.07, 6.45) is 0.706. The van der Waals surface area contributed by atoms with E-state index in [4.69, 9.17) is 0 Å². The molecule has 3 aromatic carbocycles. The highest BCUT2D eigenvalue weighted by Gasteiger charge is 2.36. The number of aryl methyl sites for hydroxylation is 1. The van der Waals surface area contributed by atoms with Crippen LogP contribution < -0.4 is 10.2 Å². The van der Waals surface area contributed by atoms with Crippen LogP contribution in [-0.4, -0.2) is 38.1 Å². The Bertz CT molecular complexity index is 1490. The Morgan fingerprint density at radius 1 is 1.00 bits per heavy atom. The van der Waals surface area contributed by atoms with Crippen LogP contribution in [0.4, 0.5) is 5.69 Å². The van der Waals surface area contributed by atoms with E-state index in [1.807, 2.05) is 76.2 Å². The van der Waals surface area contributed by atoms with Crippen molar-refractivity contribution >= 4 is 34.3 Å². The summed E-state index contributed by atoms with van der Waals surface area (Å²) in [5.41, 5.74) is 3.35. The number of ketones is 1. The van der Waals surface area contributed by atoms with Crippen LogP contribution in [0, 0.1) is 6.92 Å². The number of hydrogen-bond donors (Lipinski definition) is 1. The van der Waals surface area contributed by atoms with Crippen molar-refractivity contribution in [2.45, 2.75) is 59.2 Å². The van der Waals surface area contributed by atoms with Gasteiger partial charge in [0.2, 0.25) is 11.8 Å². The molecule has 0 fully saturated rings. The minimum absolute atomic E-state index is 0.134. The van der Waals surface area contributed by atoms with E-state index in [-0.39, 0.29) is 24.1 Å². The van der Waals surface area contributed by atoms with Gasteiger partial charge in [0.05, 0.1) is 5.52 Å². The van der Waals surface area contributed by atoms with Gasteiger partial charge >= 0.3 is 0 Å². The van der Waals surface area contributed by atoms with E-state index in [0.717, 1.165) is 5.56 Å². The minimum atomic E-state index is -0.980. The summed E-state index contributed by atoms with van der Waals surface area (Å²) in [6.45, 7) is 9.14. The Morgan fingerprint density at radius 2 is 1.71 bits per heavy atom. The van der Waals surface area contributed by atoms with Crippen LogP contribution in [0.2, 0.25) is 0 Å². The molecule has 1 unspecified atom stereocenters. The number of anilines is 1. The monoisotopic (exact) mass is 511 g/mol. The van der Waals surface area contributed by atoms with Crippen molar-refractivity contribution in [1.29, 1.82) is 0 Å². The zero-order valence-electron chi connectivity index (χ0n) is 22.4. The largest absolute Gasteiger partial charge is 0.349 e. The summed E-state index contributed by atoms with van der Waals surface area (Å²) in [6, 6.07) is 20.8. The lowest BCUT2D eigenvalue weighted by Gasteiger charge is -2.35. The highest BCUT2D eigenvalue weighted by Crippen LogP contribution is 2.32. The quantitative estimate of drug-likeness (QED) is 0.318. The van der Waals surface area contributed by atoms with Gasteiger partial charge in [0.15, 0.2) is 5.78 Å². The summed E-state index contributed by atoms with van der Waals surface area (Å²) in [7, 11) is 0. The van der Waals surface area contributed by atoms with E-state index >= 15 is 0 Å². The van der Waals surface area contributed by atoms with Crippen LogP contribution in [0.15, 0.2) is 72.8 Å². The molecular formula is C30H33N5O3. The third-order valence-electron chi connectivity index (χ3n) is 6.84. The fourth-order valence-corrected chi connectivity index (χ4v) is 4.33. The van der Waals surface area contributed by atoms with Gasteiger partial charge in [-0.25, -0.2) is 4.68 Å². The number of fused-ring (bicyclic) bond motifs is 1. The van der Waals surface area contributed by atoms with Gasteiger partial charge in [-0.1, -0.05) is 60.7 Å². The molecule has 0 saturated heterocycles. The first-order valence-electron chi connectivity index (χ1n) is 12.7. The second kappa shape index (κ2) is 11.0. The predicted octanol–water partition coefficient (Wildman–Crippen LogP) is 5.02. The van der Waals surface area contributed by atoms with Gasteiger partial charge in [0, 0.05) is 16.8 Å². The number of Topliss-reactive ketones (excluding diaryl/α,β-unsaturated/α-hetero) is 1. The molecule has 4 aromatic rings. The fraction of sp³-hybridized carbons (Fsp3) is 0.300. The number of amides is 2. The third-order valence-corrected chi connectivity index (χ3v) is 6.84. The number of carbonyl (C=O) groups is 3. The molecule has 1 N–H and O–H groups in total. The Morgan fingerprint density at radius 3 is 2.42 bits per heavy atom.